The Morgan fingerprint density at radius 3 is 2.05 bits per heavy atom. The van der Waals surface area contributed by atoms with Gasteiger partial charge < -0.3 is 0 Å². The molecule has 1 saturated heterocycles. The van der Waals surface area contributed by atoms with E-state index in [0.717, 1.165) is 17.7 Å². The Hall–Kier alpha value is -0.680. The second-order valence-corrected chi connectivity index (χ2v) is 8.42. The lowest BCUT2D eigenvalue weighted by Crippen LogP contribution is -2.37. The number of carbonyl (C=O) groups is 2. The molecule has 3 aliphatic rings. The summed E-state index contributed by atoms with van der Waals surface area (Å²) in [6, 6.07) is 7.62. The minimum Gasteiger partial charge on any atom is -0.274 e. The first kappa shape index (κ1) is 13.9. The zero-order chi connectivity index (χ0) is 14.9. The molecular weight excluding hydrogens is 398 g/mol. The van der Waals surface area contributed by atoms with E-state index < -0.39 is 0 Å². The van der Waals surface area contributed by atoms with E-state index in [2.05, 4.69) is 31.9 Å². The molecular formula is C16H15Br2NO2. The molecule has 110 valence electrons. The number of fused-ring (bicyclic) bond motifs is 5. The number of benzene rings is 1. The maximum atomic E-state index is 12.9. The Balaban J connectivity index is 1.77. The molecule has 0 unspecified atom stereocenters. The molecule has 2 saturated carbocycles. The van der Waals surface area contributed by atoms with Crippen LogP contribution < -0.4 is 4.90 Å². The fraction of sp³-hybridized carbons (Fsp3) is 0.500. The first-order valence-electron chi connectivity index (χ1n) is 7.24. The number of amides is 2. The SMILES string of the molecule is Cc1ccccc1N1C(=O)[C@@H]2[C@H]3C[C@H]([C@H](Br)[C@@H]3Br)[C@@H]2C1=O. The molecule has 21 heavy (non-hydrogen) atoms. The number of alkyl halides is 2. The summed E-state index contributed by atoms with van der Waals surface area (Å²) in [6.07, 6.45) is 0.972. The number of imide groups is 1. The van der Waals surface area contributed by atoms with Crippen molar-refractivity contribution in [3.8, 4) is 0 Å². The first-order chi connectivity index (χ1) is 10.0. The summed E-state index contributed by atoms with van der Waals surface area (Å²) in [6.45, 7) is 1.94. The summed E-state index contributed by atoms with van der Waals surface area (Å²) in [5.41, 5.74) is 1.72. The van der Waals surface area contributed by atoms with Gasteiger partial charge in [-0.1, -0.05) is 50.1 Å². The molecule has 4 rings (SSSR count). The Morgan fingerprint density at radius 2 is 1.52 bits per heavy atom. The molecule has 2 aliphatic carbocycles. The van der Waals surface area contributed by atoms with Gasteiger partial charge in [-0.15, -0.1) is 0 Å². The molecule has 1 aromatic rings. The van der Waals surface area contributed by atoms with E-state index in [1.54, 1.807) is 0 Å². The second-order valence-electron chi connectivity index (χ2n) is 6.30. The van der Waals surface area contributed by atoms with Crippen molar-refractivity contribution >= 4 is 49.4 Å². The molecule has 1 aliphatic heterocycles. The van der Waals surface area contributed by atoms with Gasteiger partial charge in [0.25, 0.3) is 0 Å². The molecule has 2 bridgehead atoms. The summed E-state index contributed by atoms with van der Waals surface area (Å²) in [7, 11) is 0. The first-order valence-corrected chi connectivity index (χ1v) is 9.07. The minimum atomic E-state index is -0.139. The molecule has 3 nitrogen and oxygen atoms in total. The summed E-state index contributed by atoms with van der Waals surface area (Å²) in [4.78, 5) is 27.7. The fourth-order valence-corrected chi connectivity index (χ4v) is 6.27. The van der Waals surface area contributed by atoms with Gasteiger partial charge in [-0.3, -0.25) is 9.59 Å². The topological polar surface area (TPSA) is 37.4 Å². The van der Waals surface area contributed by atoms with Crippen molar-refractivity contribution < 1.29 is 9.59 Å². The highest BCUT2D eigenvalue weighted by Crippen LogP contribution is 2.60. The van der Waals surface area contributed by atoms with Crippen LogP contribution in [0.4, 0.5) is 5.69 Å². The van der Waals surface area contributed by atoms with Crippen molar-refractivity contribution in [3.63, 3.8) is 0 Å². The predicted octanol–water partition coefficient (Wildman–Crippen LogP) is 3.28. The standard InChI is InChI=1S/C16H15Br2NO2/c1-7-4-2-3-5-10(7)19-15(20)11-8-6-9(12(11)16(19)21)14(18)13(8)17/h2-5,8-9,11-14H,6H2,1H3/t8-,9+,11-,12+,13-,14+. The lowest BCUT2D eigenvalue weighted by Gasteiger charge is -2.28. The molecule has 6 atom stereocenters. The van der Waals surface area contributed by atoms with Crippen LogP contribution in [0.15, 0.2) is 24.3 Å². The van der Waals surface area contributed by atoms with Gasteiger partial charge in [0.2, 0.25) is 11.8 Å². The number of anilines is 1. The summed E-state index contributed by atoms with van der Waals surface area (Å²) < 4.78 is 0. The van der Waals surface area contributed by atoms with E-state index in [1.165, 1.54) is 4.90 Å². The number of aryl methyl sites for hydroxylation is 1. The van der Waals surface area contributed by atoms with Crippen LogP contribution in [0.5, 0.6) is 0 Å². The third-order valence-corrected chi connectivity index (χ3v) is 8.55. The number of nitrogens with zero attached hydrogens (tertiary/aromatic N) is 1. The number of para-hydroxylation sites is 1. The van der Waals surface area contributed by atoms with Gasteiger partial charge >= 0.3 is 0 Å². The van der Waals surface area contributed by atoms with Crippen molar-refractivity contribution in [2.24, 2.45) is 23.7 Å². The minimum absolute atomic E-state index is 0.00403. The van der Waals surface area contributed by atoms with E-state index in [1.807, 2.05) is 31.2 Å². The highest BCUT2D eigenvalue weighted by atomic mass is 79.9. The van der Waals surface area contributed by atoms with E-state index in [0.29, 0.717) is 0 Å². The number of carbonyl (C=O) groups excluding carboxylic acids is 2. The summed E-state index contributed by atoms with van der Waals surface area (Å²) >= 11 is 7.41. The maximum Gasteiger partial charge on any atom is 0.238 e. The van der Waals surface area contributed by atoms with Crippen molar-refractivity contribution in [1.29, 1.82) is 0 Å². The van der Waals surface area contributed by atoms with Gasteiger partial charge in [-0.2, -0.15) is 0 Å². The monoisotopic (exact) mass is 411 g/mol. The smallest absolute Gasteiger partial charge is 0.238 e. The van der Waals surface area contributed by atoms with Crippen LogP contribution in [0.3, 0.4) is 0 Å². The molecule has 3 fully saturated rings. The molecule has 0 radical (unpaired) electrons. The van der Waals surface area contributed by atoms with Crippen LogP contribution in [-0.2, 0) is 9.59 Å². The van der Waals surface area contributed by atoms with Gasteiger partial charge in [0, 0.05) is 9.65 Å². The van der Waals surface area contributed by atoms with Crippen LogP contribution in [0.25, 0.3) is 0 Å². The van der Waals surface area contributed by atoms with Crippen molar-refractivity contribution in [1.82, 2.24) is 0 Å². The highest BCUT2D eigenvalue weighted by molar-refractivity contribution is 9.12. The molecule has 1 heterocycles. The maximum absolute atomic E-state index is 12.9. The lowest BCUT2D eigenvalue weighted by molar-refractivity contribution is -0.123. The van der Waals surface area contributed by atoms with Gasteiger partial charge in [0.1, 0.15) is 0 Å². The number of rotatable bonds is 1. The molecule has 2 amide bonds. The van der Waals surface area contributed by atoms with Crippen molar-refractivity contribution in [2.75, 3.05) is 4.90 Å². The average molecular weight is 413 g/mol. The van der Waals surface area contributed by atoms with Gasteiger partial charge in [0.15, 0.2) is 0 Å². The van der Waals surface area contributed by atoms with Crippen LogP contribution in [0.1, 0.15) is 12.0 Å². The zero-order valence-corrected chi connectivity index (χ0v) is 14.7. The van der Waals surface area contributed by atoms with Crippen molar-refractivity contribution in [3.05, 3.63) is 29.8 Å². The second kappa shape index (κ2) is 4.66. The molecule has 0 N–H and O–H groups in total. The lowest BCUT2D eigenvalue weighted by atomic mass is 9.81. The van der Waals surface area contributed by atoms with Gasteiger partial charge in [-0.25, -0.2) is 4.90 Å². The normalized spacial score (nSPS) is 41.0. The number of hydrogen-bond donors (Lipinski definition) is 0. The third-order valence-electron chi connectivity index (χ3n) is 5.34. The Bertz CT molecular complexity index is 615. The van der Waals surface area contributed by atoms with Crippen LogP contribution >= 0.6 is 31.9 Å². The molecule has 1 aromatic carbocycles. The largest absolute Gasteiger partial charge is 0.274 e. The third kappa shape index (κ3) is 1.70. The quantitative estimate of drug-likeness (QED) is 0.524. The fourth-order valence-electron chi connectivity index (χ4n) is 4.40. The van der Waals surface area contributed by atoms with Crippen LogP contribution in [0, 0.1) is 30.6 Å². The molecule has 5 heteroatoms. The van der Waals surface area contributed by atoms with Gasteiger partial charge in [0.05, 0.1) is 17.5 Å². The Morgan fingerprint density at radius 1 is 1.00 bits per heavy atom. The van der Waals surface area contributed by atoms with Crippen LogP contribution in [-0.4, -0.2) is 21.5 Å². The summed E-state index contributed by atoms with van der Waals surface area (Å²) in [5.74, 6) is 0.261. The van der Waals surface area contributed by atoms with E-state index in [9.17, 15) is 9.59 Å². The molecule has 0 aromatic heterocycles. The Kier molecular flexibility index (Phi) is 3.09. The Labute approximate surface area is 140 Å². The number of halogens is 2. The molecule has 0 spiro atoms. The van der Waals surface area contributed by atoms with Crippen LogP contribution in [0.2, 0.25) is 0 Å². The zero-order valence-electron chi connectivity index (χ0n) is 11.5. The number of hydrogen-bond acceptors (Lipinski definition) is 2. The average Bonchev–Trinajstić information content (AvgIpc) is 3.06. The van der Waals surface area contributed by atoms with Gasteiger partial charge in [-0.05, 0) is 36.8 Å². The highest BCUT2D eigenvalue weighted by Gasteiger charge is 2.66. The van der Waals surface area contributed by atoms with E-state index >= 15 is 0 Å². The van der Waals surface area contributed by atoms with E-state index in [4.69, 9.17) is 0 Å². The van der Waals surface area contributed by atoms with E-state index in [-0.39, 0.29) is 45.1 Å². The predicted molar refractivity (Wildman–Crippen MR) is 87.7 cm³/mol. The summed E-state index contributed by atoms with van der Waals surface area (Å²) in [5, 5.41) is 0. The van der Waals surface area contributed by atoms with Crippen molar-refractivity contribution in [2.45, 2.75) is 23.0 Å².